The van der Waals surface area contributed by atoms with E-state index in [1.54, 1.807) is 42.5 Å². The Labute approximate surface area is 186 Å². The average molecular weight is 429 g/mol. The van der Waals surface area contributed by atoms with Crippen LogP contribution < -0.4 is 10.6 Å². The standard InChI is InChI=1S/C26H21ClN2O2/c27-24-20(16-15-18-9-7-8-14-22(18)24)17-23(26(31)28-21-12-5-2-6-13-21)29-25(30)19-10-3-1-4-11-19/h1-14,17H,15-16H2,(H,28,31)(H,29,30)/b23-17-. The molecule has 0 radical (unpaired) electrons. The van der Waals surface area contributed by atoms with Crippen molar-refractivity contribution in [3.63, 3.8) is 0 Å². The molecule has 4 rings (SSSR count). The predicted molar refractivity (Wildman–Crippen MR) is 125 cm³/mol. The second-order valence-electron chi connectivity index (χ2n) is 7.19. The summed E-state index contributed by atoms with van der Waals surface area (Å²) in [5, 5.41) is 6.20. The number of aryl methyl sites for hydroxylation is 1. The maximum atomic E-state index is 13.0. The van der Waals surface area contributed by atoms with E-state index in [0.717, 1.165) is 17.6 Å². The molecule has 0 aliphatic heterocycles. The Kier molecular flexibility index (Phi) is 6.29. The molecule has 0 heterocycles. The van der Waals surface area contributed by atoms with Crippen molar-refractivity contribution in [2.75, 3.05) is 5.32 Å². The van der Waals surface area contributed by atoms with Crippen LogP contribution in [0.3, 0.4) is 0 Å². The van der Waals surface area contributed by atoms with E-state index in [9.17, 15) is 9.59 Å². The molecule has 0 spiro atoms. The number of carbonyl (C=O) groups is 2. The summed E-state index contributed by atoms with van der Waals surface area (Å²) in [5.74, 6) is -0.769. The van der Waals surface area contributed by atoms with Crippen LogP contribution in [0.5, 0.6) is 0 Å². The molecule has 4 nitrogen and oxygen atoms in total. The van der Waals surface area contributed by atoms with E-state index in [1.165, 1.54) is 5.56 Å². The zero-order valence-electron chi connectivity index (χ0n) is 16.8. The Morgan fingerprint density at radius 3 is 2.19 bits per heavy atom. The zero-order valence-corrected chi connectivity index (χ0v) is 17.5. The molecule has 154 valence electrons. The van der Waals surface area contributed by atoms with Gasteiger partial charge in [-0.05, 0) is 59.9 Å². The van der Waals surface area contributed by atoms with Gasteiger partial charge in [0.2, 0.25) is 0 Å². The van der Waals surface area contributed by atoms with E-state index in [1.807, 2.05) is 42.5 Å². The predicted octanol–water partition coefficient (Wildman–Crippen LogP) is 5.54. The third-order valence-electron chi connectivity index (χ3n) is 5.08. The van der Waals surface area contributed by atoms with Gasteiger partial charge in [0.05, 0.1) is 5.03 Å². The number of fused-ring (bicyclic) bond motifs is 1. The lowest BCUT2D eigenvalue weighted by Gasteiger charge is -2.19. The normalized spacial score (nSPS) is 13.4. The minimum absolute atomic E-state index is 0.144. The van der Waals surface area contributed by atoms with E-state index in [-0.39, 0.29) is 11.6 Å². The third kappa shape index (κ3) is 4.93. The lowest BCUT2D eigenvalue weighted by atomic mass is 9.91. The lowest BCUT2D eigenvalue weighted by molar-refractivity contribution is -0.113. The second kappa shape index (κ2) is 9.45. The van der Waals surface area contributed by atoms with Gasteiger partial charge in [0.15, 0.2) is 0 Å². The Morgan fingerprint density at radius 2 is 1.45 bits per heavy atom. The van der Waals surface area contributed by atoms with Gasteiger partial charge in [-0.3, -0.25) is 9.59 Å². The highest BCUT2D eigenvalue weighted by Gasteiger charge is 2.20. The van der Waals surface area contributed by atoms with Gasteiger partial charge in [-0.15, -0.1) is 0 Å². The van der Waals surface area contributed by atoms with Crippen molar-refractivity contribution in [1.29, 1.82) is 0 Å². The molecule has 0 unspecified atom stereocenters. The quantitative estimate of drug-likeness (QED) is 0.524. The molecule has 5 heteroatoms. The number of carbonyl (C=O) groups excluding carboxylic acids is 2. The maximum absolute atomic E-state index is 13.0. The minimum Gasteiger partial charge on any atom is -0.321 e. The number of benzene rings is 3. The van der Waals surface area contributed by atoms with Gasteiger partial charge in [0.25, 0.3) is 11.8 Å². The summed E-state index contributed by atoms with van der Waals surface area (Å²) in [5.41, 5.74) is 4.20. The molecule has 1 aliphatic rings. The van der Waals surface area contributed by atoms with Gasteiger partial charge in [0.1, 0.15) is 5.70 Å². The number of hydrogen-bond donors (Lipinski definition) is 2. The molecule has 1 aliphatic carbocycles. The topological polar surface area (TPSA) is 58.2 Å². The van der Waals surface area contributed by atoms with Crippen LogP contribution in [0.1, 0.15) is 27.9 Å². The maximum Gasteiger partial charge on any atom is 0.272 e. The summed E-state index contributed by atoms with van der Waals surface area (Å²) in [6.07, 6.45) is 3.18. The summed E-state index contributed by atoms with van der Waals surface area (Å²) < 4.78 is 0. The number of amides is 2. The largest absolute Gasteiger partial charge is 0.321 e. The summed E-state index contributed by atoms with van der Waals surface area (Å²) in [6, 6.07) is 25.8. The Morgan fingerprint density at radius 1 is 0.806 bits per heavy atom. The minimum atomic E-state index is -0.411. The van der Waals surface area contributed by atoms with Crippen molar-refractivity contribution < 1.29 is 9.59 Å². The molecule has 0 fully saturated rings. The van der Waals surface area contributed by atoms with E-state index >= 15 is 0 Å². The van der Waals surface area contributed by atoms with Crippen LogP contribution in [0.25, 0.3) is 5.03 Å². The van der Waals surface area contributed by atoms with Crippen molar-refractivity contribution in [3.05, 3.63) is 119 Å². The fourth-order valence-corrected chi connectivity index (χ4v) is 3.81. The SMILES string of the molecule is O=C(Nc1ccccc1)/C(=C/C1=C(Cl)c2ccccc2CC1)NC(=O)c1ccccc1. The number of nitrogens with one attached hydrogen (secondary N) is 2. The number of hydrogen-bond acceptors (Lipinski definition) is 2. The van der Waals surface area contributed by atoms with E-state index < -0.39 is 5.91 Å². The van der Waals surface area contributed by atoms with Crippen LogP contribution in [0.4, 0.5) is 5.69 Å². The van der Waals surface area contributed by atoms with Crippen molar-refractivity contribution in [2.24, 2.45) is 0 Å². The first-order valence-electron chi connectivity index (χ1n) is 10.0. The first-order valence-corrected chi connectivity index (χ1v) is 10.4. The molecule has 2 N–H and O–H groups in total. The fraction of sp³-hybridized carbons (Fsp3) is 0.0769. The van der Waals surface area contributed by atoms with E-state index in [2.05, 4.69) is 16.7 Å². The van der Waals surface area contributed by atoms with Crippen molar-refractivity contribution in [2.45, 2.75) is 12.8 Å². The first-order chi connectivity index (χ1) is 15.1. The molecule has 2 amide bonds. The van der Waals surface area contributed by atoms with E-state index in [0.29, 0.717) is 22.7 Å². The van der Waals surface area contributed by atoms with Crippen LogP contribution in [0, 0.1) is 0 Å². The summed E-state index contributed by atoms with van der Waals surface area (Å²) in [7, 11) is 0. The molecular weight excluding hydrogens is 408 g/mol. The Balaban J connectivity index is 1.68. The number of halogens is 1. The van der Waals surface area contributed by atoms with E-state index in [4.69, 9.17) is 11.6 Å². The van der Waals surface area contributed by atoms with Crippen LogP contribution in [-0.4, -0.2) is 11.8 Å². The first kappa shape index (κ1) is 20.6. The molecular formula is C26H21ClN2O2. The molecule has 3 aromatic carbocycles. The number of anilines is 1. The number of allylic oxidation sites excluding steroid dienone is 2. The van der Waals surface area contributed by atoms with Crippen molar-refractivity contribution >= 4 is 34.1 Å². The second-order valence-corrected chi connectivity index (χ2v) is 7.57. The summed E-state index contributed by atoms with van der Waals surface area (Å²) in [6.45, 7) is 0. The van der Waals surface area contributed by atoms with Crippen LogP contribution >= 0.6 is 11.6 Å². The van der Waals surface area contributed by atoms with Gasteiger partial charge in [-0.2, -0.15) is 0 Å². The summed E-state index contributed by atoms with van der Waals surface area (Å²) in [4.78, 5) is 25.8. The van der Waals surface area contributed by atoms with Gasteiger partial charge >= 0.3 is 0 Å². The number of para-hydroxylation sites is 1. The average Bonchev–Trinajstić information content (AvgIpc) is 2.81. The van der Waals surface area contributed by atoms with Crippen molar-refractivity contribution in [3.8, 4) is 0 Å². The monoisotopic (exact) mass is 428 g/mol. The zero-order chi connectivity index (χ0) is 21.6. The molecule has 0 bridgehead atoms. The molecule has 0 atom stereocenters. The highest BCUT2D eigenvalue weighted by atomic mass is 35.5. The summed E-state index contributed by atoms with van der Waals surface area (Å²) >= 11 is 6.67. The van der Waals surface area contributed by atoms with Gasteiger partial charge in [0, 0.05) is 11.3 Å². The van der Waals surface area contributed by atoms with Crippen LogP contribution in [0.15, 0.2) is 102 Å². The van der Waals surface area contributed by atoms with Crippen LogP contribution in [-0.2, 0) is 11.2 Å². The molecule has 0 saturated carbocycles. The van der Waals surface area contributed by atoms with Crippen LogP contribution in [0.2, 0.25) is 0 Å². The molecule has 0 saturated heterocycles. The smallest absolute Gasteiger partial charge is 0.272 e. The van der Waals surface area contributed by atoms with Gasteiger partial charge in [-0.1, -0.05) is 72.3 Å². The highest BCUT2D eigenvalue weighted by molar-refractivity contribution is 6.49. The molecule has 31 heavy (non-hydrogen) atoms. The lowest BCUT2D eigenvalue weighted by Crippen LogP contribution is -2.31. The van der Waals surface area contributed by atoms with Crippen molar-refractivity contribution in [1.82, 2.24) is 5.32 Å². The van der Waals surface area contributed by atoms with Gasteiger partial charge in [-0.25, -0.2) is 0 Å². The van der Waals surface area contributed by atoms with Gasteiger partial charge < -0.3 is 10.6 Å². The fourth-order valence-electron chi connectivity index (χ4n) is 3.48. The molecule has 0 aromatic heterocycles. The highest BCUT2D eigenvalue weighted by Crippen LogP contribution is 2.34. The third-order valence-corrected chi connectivity index (χ3v) is 5.52. The molecule has 3 aromatic rings. The number of rotatable bonds is 5. The Hall–Kier alpha value is -3.63. The Bertz CT molecular complexity index is 1170.